The molecular formula is C22H23NO4S2. The number of hydrogen-bond donors (Lipinski definition) is 0. The monoisotopic (exact) mass is 429 g/mol. The first-order chi connectivity index (χ1) is 13.5. The van der Waals surface area contributed by atoms with Crippen LogP contribution in [-0.4, -0.2) is 16.8 Å². The second-order valence-corrected chi connectivity index (χ2v) is 11.4. The van der Waals surface area contributed by atoms with Crippen molar-refractivity contribution in [3.63, 3.8) is 0 Å². The first-order valence-corrected chi connectivity index (χ1v) is 11.9. The van der Waals surface area contributed by atoms with E-state index in [-0.39, 0.29) is 20.9 Å². The lowest BCUT2D eigenvalue weighted by Gasteiger charge is -2.26. The van der Waals surface area contributed by atoms with Crippen LogP contribution in [0.25, 0.3) is 0 Å². The molecule has 0 saturated heterocycles. The molecule has 0 heterocycles. The van der Waals surface area contributed by atoms with Gasteiger partial charge in [-0.05, 0) is 47.4 Å². The van der Waals surface area contributed by atoms with E-state index in [9.17, 15) is 16.8 Å². The number of hydrogen-bond acceptors (Lipinski definition) is 4. The van der Waals surface area contributed by atoms with Gasteiger partial charge in [0.1, 0.15) is 0 Å². The molecule has 0 aromatic heterocycles. The molecule has 0 aliphatic rings. The summed E-state index contributed by atoms with van der Waals surface area (Å²) in [4.78, 5) is -0.193. The van der Waals surface area contributed by atoms with Gasteiger partial charge in [-0.1, -0.05) is 69.3 Å². The van der Waals surface area contributed by atoms with Crippen molar-refractivity contribution < 1.29 is 16.8 Å². The minimum atomic E-state index is -4.38. The van der Waals surface area contributed by atoms with Crippen molar-refractivity contribution in [1.82, 2.24) is 0 Å². The molecule has 0 unspecified atom stereocenters. The first kappa shape index (κ1) is 21.1. The third-order valence-corrected chi connectivity index (χ3v) is 8.65. The normalized spacial score (nSPS) is 12.5. The van der Waals surface area contributed by atoms with Gasteiger partial charge in [-0.2, -0.15) is 3.71 Å². The molecule has 29 heavy (non-hydrogen) atoms. The SMILES string of the molecule is CC(C)(C)c1cccc(N(S(=O)(=O)c2ccccc2)S(=O)(=O)c2ccccc2)c1. The Morgan fingerprint density at radius 1 is 0.621 bits per heavy atom. The summed E-state index contributed by atoms with van der Waals surface area (Å²) in [6, 6.07) is 21.8. The Bertz CT molecular complexity index is 1130. The summed E-state index contributed by atoms with van der Waals surface area (Å²) in [6.07, 6.45) is 0. The molecule has 0 fully saturated rings. The number of anilines is 1. The van der Waals surface area contributed by atoms with Gasteiger partial charge in [0.2, 0.25) is 0 Å². The van der Waals surface area contributed by atoms with Crippen molar-refractivity contribution in [2.24, 2.45) is 0 Å². The van der Waals surface area contributed by atoms with E-state index < -0.39 is 20.0 Å². The quantitative estimate of drug-likeness (QED) is 0.596. The van der Waals surface area contributed by atoms with E-state index in [4.69, 9.17) is 0 Å². The average molecular weight is 430 g/mol. The molecule has 0 bridgehead atoms. The van der Waals surface area contributed by atoms with E-state index >= 15 is 0 Å². The highest BCUT2D eigenvalue weighted by Crippen LogP contribution is 2.33. The van der Waals surface area contributed by atoms with Crippen LogP contribution in [-0.2, 0) is 25.5 Å². The molecule has 152 valence electrons. The van der Waals surface area contributed by atoms with Gasteiger partial charge >= 0.3 is 0 Å². The van der Waals surface area contributed by atoms with E-state index in [1.165, 1.54) is 30.3 Å². The Hall–Kier alpha value is -2.64. The smallest absolute Gasteiger partial charge is 0.200 e. The maximum atomic E-state index is 13.5. The van der Waals surface area contributed by atoms with Crippen LogP contribution in [0.5, 0.6) is 0 Å². The van der Waals surface area contributed by atoms with Crippen molar-refractivity contribution >= 4 is 25.7 Å². The van der Waals surface area contributed by atoms with Crippen LogP contribution in [0.1, 0.15) is 26.3 Å². The van der Waals surface area contributed by atoms with Crippen LogP contribution >= 0.6 is 0 Å². The number of benzene rings is 3. The zero-order valence-electron chi connectivity index (χ0n) is 16.5. The highest BCUT2D eigenvalue weighted by atomic mass is 32.3. The molecule has 0 aliphatic heterocycles. The fourth-order valence-electron chi connectivity index (χ4n) is 2.87. The highest BCUT2D eigenvalue weighted by Gasteiger charge is 2.37. The lowest BCUT2D eigenvalue weighted by atomic mass is 9.87. The van der Waals surface area contributed by atoms with Gasteiger partial charge in [0.15, 0.2) is 0 Å². The number of sulfonamides is 2. The maximum Gasteiger partial charge on any atom is 0.277 e. The fourth-order valence-corrected chi connectivity index (χ4v) is 6.59. The topological polar surface area (TPSA) is 71.5 Å². The van der Waals surface area contributed by atoms with Crippen LogP contribution < -0.4 is 3.71 Å². The van der Waals surface area contributed by atoms with Gasteiger partial charge in [0.05, 0.1) is 15.5 Å². The molecule has 0 spiro atoms. The fraction of sp³-hybridized carbons (Fsp3) is 0.182. The molecule has 3 aromatic rings. The first-order valence-electron chi connectivity index (χ1n) is 9.06. The zero-order valence-corrected chi connectivity index (χ0v) is 18.1. The van der Waals surface area contributed by atoms with Crippen LogP contribution in [0.2, 0.25) is 0 Å². The summed E-state index contributed by atoms with van der Waals surface area (Å²) in [5.74, 6) is 0. The van der Waals surface area contributed by atoms with E-state index in [0.717, 1.165) is 5.56 Å². The van der Waals surface area contributed by atoms with Crippen molar-refractivity contribution in [3.05, 3.63) is 90.5 Å². The molecule has 0 amide bonds. The average Bonchev–Trinajstić information content (AvgIpc) is 2.69. The molecule has 3 aromatic carbocycles. The predicted octanol–water partition coefficient (Wildman–Crippen LogP) is 4.57. The molecule has 0 radical (unpaired) electrons. The molecule has 0 saturated carbocycles. The van der Waals surface area contributed by atoms with Crippen molar-refractivity contribution in [1.29, 1.82) is 0 Å². The summed E-state index contributed by atoms with van der Waals surface area (Å²) < 4.78 is 54.4. The third-order valence-electron chi connectivity index (χ3n) is 4.44. The van der Waals surface area contributed by atoms with Crippen LogP contribution in [0.15, 0.2) is 94.7 Å². The van der Waals surface area contributed by atoms with Gasteiger partial charge in [-0.3, -0.25) is 0 Å². The second kappa shape index (κ2) is 7.65. The van der Waals surface area contributed by atoms with Crippen LogP contribution in [0.3, 0.4) is 0 Å². The van der Waals surface area contributed by atoms with Gasteiger partial charge in [-0.15, -0.1) is 0 Å². The molecule has 7 heteroatoms. The van der Waals surface area contributed by atoms with Crippen molar-refractivity contribution in [2.75, 3.05) is 3.71 Å². The van der Waals surface area contributed by atoms with Crippen LogP contribution in [0, 0.1) is 0 Å². The highest BCUT2D eigenvalue weighted by molar-refractivity contribution is 8.10. The van der Waals surface area contributed by atoms with E-state index in [1.807, 2.05) is 26.8 Å². The molecular weight excluding hydrogens is 406 g/mol. The Morgan fingerprint density at radius 2 is 1.07 bits per heavy atom. The van der Waals surface area contributed by atoms with Gasteiger partial charge in [-0.25, -0.2) is 16.8 Å². The Labute approximate surface area is 172 Å². The van der Waals surface area contributed by atoms with Gasteiger partial charge in [0.25, 0.3) is 20.0 Å². The Balaban J connectivity index is 2.30. The van der Waals surface area contributed by atoms with Gasteiger partial charge < -0.3 is 0 Å². The van der Waals surface area contributed by atoms with Crippen molar-refractivity contribution in [2.45, 2.75) is 36.0 Å². The summed E-state index contributed by atoms with van der Waals surface area (Å²) >= 11 is 0. The standard InChI is InChI=1S/C22H23NO4S2/c1-22(2,3)18-11-10-12-19(17-18)23(28(24,25)20-13-6-4-7-14-20)29(26,27)21-15-8-5-9-16-21/h4-17H,1-3H3. The largest absolute Gasteiger partial charge is 0.277 e. The Kier molecular flexibility index (Phi) is 5.56. The predicted molar refractivity (Wildman–Crippen MR) is 115 cm³/mol. The molecule has 5 nitrogen and oxygen atoms in total. The second-order valence-electron chi connectivity index (χ2n) is 7.63. The minimum Gasteiger partial charge on any atom is -0.200 e. The zero-order chi connectivity index (χ0) is 21.3. The summed E-state index contributed by atoms with van der Waals surface area (Å²) in [5, 5.41) is 0. The maximum absolute atomic E-state index is 13.5. The minimum absolute atomic E-state index is 0.0742. The number of nitrogens with zero attached hydrogens (tertiary/aromatic N) is 1. The van der Waals surface area contributed by atoms with Crippen molar-refractivity contribution in [3.8, 4) is 0 Å². The summed E-state index contributed by atoms with van der Waals surface area (Å²) in [6.45, 7) is 5.94. The summed E-state index contributed by atoms with van der Waals surface area (Å²) in [7, 11) is -8.75. The lowest BCUT2D eigenvalue weighted by Crippen LogP contribution is -2.37. The summed E-state index contributed by atoms with van der Waals surface area (Å²) in [5.41, 5.74) is 0.617. The number of rotatable bonds is 5. The van der Waals surface area contributed by atoms with Gasteiger partial charge in [0, 0.05) is 0 Å². The molecule has 0 N–H and O–H groups in total. The van der Waals surface area contributed by atoms with E-state index in [0.29, 0.717) is 3.71 Å². The van der Waals surface area contributed by atoms with E-state index in [1.54, 1.807) is 48.5 Å². The molecule has 0 aliphatic carbocycles. The molecule has 0 atom stereocenters. The lowest BCUT2D eigenvalue weighted by molar-refractivity contribution is 0.582. The third kappa shape index (κ3) is 4.21. The molecule has 3 rings (SSSR count). The Morgan fingerprint density at radius 3 is 1.48 bits per heavy atom. The van der Waals surface area contributed by atoms with E-state index in [2.05, 4.69) is 0 Å². The van der Waals surface area contributed by atoms with Crippen LogP contribution in [0.4, 0.5) is 5.69 Å².